The van der Waals surface area contributed by atoms with E-state index >= 15 is 0 Å². The third kappa shape index (κ3) is 1.45. The van der Waals surface area contributed by atoms with Crippen molar-refractivity contribution in [3.05, 3.63) is 34.6 Å². The van der Waals surface area contributed by atoms with Crippen LogP contribution in [0.15, 0.2) is 34.2 Å². The molecule has 0 spiro atoms. The zero-order chi connectivity index (χ0) is 11.1. The number of rotatable bonds is 2. The number of fused-ring (bicyclic) bond motifs is 1. The normalized spacial score (nSPS) is 15.6. The van der Waals surface area contributed by atoms with Gasteiger partial charge in [0.1, 0.15) is 0 Å². The van der Waals surface area contributed by atoms with Gasteiger partial charge in [-0.1, -0.05) is 23.9 Å². The predicted octanol–water partition coefficient (Wildman–Crippen LogP) is 2.45. The highest BCUT2D eigenvalue weighted by Gasteiger charge is 2.27. The lowest BCUT2D eigenvalue weighted by molar-refractivity contribution is 0.618. The average Bonchev–Trinajstić information content (AvgIpc) is 3.13. The fraction of sp³-hybridized carbons (Fsp3) is 0.333. The van der Waals surface area contributed by atoms with E-state index in [1.54, 1.807) is 11.8 Å². The first kappa shape index (κ1) is 9.90. The summed E-state index contributed by atoms with van der Waals surface area (Å²) in [5.74, 6) is 0. The van der Waals surface area contributed by atoms with Crippen LogP contribution in [0.3, 0.4) is 0 Å². The Hall–Kier alpha value is -1.29. The maximum absolute atomic E-state index is 12.3. The molecule has 1 fully saturated rings. The Balaban J connectivity index is 2.38. The smallest absolute Gasteiger partial charge is 0.262 e. The van der Waals surface area contributed by atoms with Gasteiger partial charge in [0.15, 0.2) is 5.16 Å². The van der Waals surface area contributed by atoms with Crippen molar-refractivity contribution in [2.24, 2.45) is 0 Å². The molecule has 1 aliphatic carbocycles. The van der Waals surface area contributed by atoms with Gasteiger partial charge in [0.2, 0.25) is 0 Å². The van der Waals surface area contributed by atoms with Crippen molar-refractivity contribution in [1.82, 2.24) is 9.55 Å². The van der Waals surface area contributed by atoms with E-state index in [1.807, 2.05) is 35.1 Å². The Morgan fingerprint density at radius 3 is 2.81 bits per heavy atom. The third-order valence-corrected chi connectivity index (χ3v) is 3.52. The molecule has 3 rings (SSSR count). The topological polar surface area (TPSA) is 34.9 Å². The summed E-state index contributed by atoms with van der Waals surface area (Å²) in [6.45, 7) is 0. The van der Waals surface area contributed by atoms with Crippen LogP contribution in [0.5, 0.6) is 0 Å². The van der Waals surface area contributed by atoms with Crippen LogP contribution >= 0.6 is 11.8 Å². The zero-order valence-corrected chi connectivity index (χ0v) is 9.83. The van der Waals surface area contributed by atoms with Crippen molar-refractivity contribution in [1.29, 1.82) is 0 Å². The van der Waals surface area contributed by atoms with Gasteiger partial charge in [-0.25, -0.2) is 4.98 Å². The van der Waals surface area contributed by atoms with E-state index < -0.39 is 0 Å². The second kappa shape index (κ2) is 3.63. The second-order valence-electron chi connectivity index (χ2n) is 4.02. The molecule has 1 aromatic heterocycles. The molecule has 82 valence electrons. The molecule has 0 bridgehead atoms. The first-order valence-corrected chi connectivity index (χ1v) is 6.59. The monoisotopic (exact) mass is 232 g/mol. The molecule has 1 aliphatic rings. The van der Waals surface area contributed by atoms with Crippen molar-refractivity contribution >= 4 is 22.7 Å². The van der Waals surface area contributed by atoms with Crippen LogP contribution in [-0.2, 0) is 0 Å². The second-order valence-corrected chi connectivity index (χ2v) is 4.80. The van der Waals surface area contributed by atoms with E-state index in [1.165, 1.54) is 0 Å². The quantitative estimate of drug-likeness (QED) is 0.589. The molecule has 3 nitrogen and oxygen atoms in total. The van der Waals surface area contributed by atoms with Crippen LogP contribution in [0.2, 0.25) is 0 Å². The fourth-order valence-electron chi connectivity index (χ4n) is 1.92. The Labute approximate surface area is 97.5 Å². The van der Waals surface area contributed by atoms with Gasteiger partial charge in [-0.05, 0) is 31.2 Å². The number of thioether (sulfide) groups is 1. The molecule has 0 radical (unpaired) electrons. The van der Waals surface area contributed by atoms with Crippen molar-refractivity contribution in [2.75, 3.05) is 6.26 Å². The molecule has 0 saturated heterocycles. The van der Waals surface area contributed by atoms with E-state index in [4.69, 9.17) is 0 Å². The maximum atomic E-state index is 12.3. The lowest BCUT2D eigenvalue weighted by Crippen LogP contribution is -2.22. The van der Waals surface area contributed by atoms with Gasteiger partial charge in [0, 0.05) is 6.04 Å². The average molecular weight is 232 g/mol. The van der Waals surface area contributed by atoms with Crippen molar-refractivity contribution in [3.8, 4) is 0 Å². The molecule has 4 heteroatoms. The summed E-state index contributed by atoms with van der Waals surface area (Å²) in [5, 5.41) is 1.57. The van der Waals surface area contributed by atoms with Crippen molar-refractivity contribution in [3.63, 3.8) is 0 Å². The standard InChI is InChI=1S/C12H12N2OS/c1-16-12-13-10-5-3-2-4-9(10)11(15)14(12)8-6-7-8/h2-5,8H,6-7H2,1H3. The minimum atomic E-state index is 0.109. The summed E-state index contributed by atoms with van der Waals surface area (Å²) in [7, 11) is 0. The van der Waals surface area contributed by atoms with Crippen LogP contribution in [0.4, 0.5) is 0 Å². The van der Waals surface area contributed by atoms with Gasteiger partial charge < -0.3 is 0 Å². The predicted molar refractivity (Wildman–Crippen MR) is 66.1 cm³/mol. The third-order valence-electron chi connectivity index (χ3n) is 2.87. The van der Waals surface area contributed by atoms with Gasteiger partial charge in [0.05, 0.1) is 10.9 Å². The van der Waals surface area contributed by atoms with Crippen LogP contribution in [0.1, 0.15) is 18.9 Å². The molecule has 0 unspecified atom stereocenters. The van der Waals surface area contributed by atoms with Crippen LogP contribution in [0.25, 0.3) is 10.9 Å². The van der Waals surface area contributed by atoms with E-state index in [0.717, 1.165) is 28.9 Å². The molecular formula is C12H12N2OS. The van der Waals surface area contributed by atoms with Crippen molar-refractivity contribution in [2.45, 2.75) is 24.0 Å². The molecule has 1 aromatic carbocycles. The number of hydrogen-bond donors (Lipinski definition) is 0. The van der Waals surface area contributed by atoms with Gasteiger partial charge >= 0.3 is 0 Å². The number of para-hydroxylation sites is 1. The molecule has 0 N–H and O–H groups in total. The summed E-state index contributed by atoms with van der Waals surface area (Å²) < 4.78 is 1.85. The zero-order valence-electron chi connectivity index (χ0n) is 9.01. The molecule has 1 heterocycles. The Bertz CT molecular complexity index is 601. The van der Waals surface area contributed by atoms with Gasteiger partial charge in [-0.15, -0.1) is 0 Å². The number of nitrogens with zero attached hydrogens (tertiary/aromatic N) is 2. The van der Waals surface area contributed by atoms with E-state index in [2.05, 4.69) is 4.98 Å². The first-order chi connectivity index (χ1) is 7.81. The highest BCUT2D eigenvalue weighted by Crippen LogP contribution is 2.36. The van der Waals surface area contributed by atoms with Crippen LogP contribution in [0, 0.1) is 0 Å². The highest BCUT2D eigenvalue weighted by molar-refractivity contribution is 7.98. The van der Waals surface area contributed by atoms with Gasteiger partial charge in [-0.2, -0.15) is 0 Å². The lowest BCUT2D eigenvalue weighted by Gasteiger charge is -2.10. The molecule has 0 aliphatic heterocycles. The fourth-order valence-corrected chi connectivity index (χ4v) is 2.54. The van der Waals surface area contributed by atoms with Gasteiger partial charge in [-0.3, -0.25) is 9.36 Å². The summed E-state index contributed by atoms with van der Waals surface area (Å²) in [6.07, 6.45) is 4.18. The van der Waals surface area contributed by atoms with Crippen molar-refractivity contribution < 1.29 is 0 Å². The van der Waals surface area contributed by atoms with Crippen LogP contribution < -0.4 is 5.56 Å². The van der Waals surface area contributed by atoms with E-state index in [0.29, 0.717) is 6.04 Å². The summed E-state index contributed by atoms with van der Waals surface area (Å²) in [4.78, 5) is 16.8. The molecule has 2 aromatic rings. The summed E-state index contributed by atoms with van der Waals surface area (Å²) in [5.41, 5.74) is 0.909. The molecule has 16 heavy (non-hydrogen) atoms. The Kier molecular flexibility index (Phi) is 2.24. The largest absolute Gasteiger partial charge is 0.284 e. The first-order valence-electron chi connectivity index (χ1n) is 5.36. The van der Waals surface area contributed by atoms with Crippen LogP contribution in [-0.4, -0.2) is 15.8 Å². The Morgan fingerprint density at radius 1 is 1.38 bits per heavy atom. The molecule has 0 atom stereocenters. The minimum absolute atomic E-state index is 0.109. The lowest BCUT2D eigenvalue weighted by atomic mass is 10.2. The number of aromatic nitrogens is 2. The molecular weight excluding hydrogens is 220 g/mol. The number of hydrogen-bond acceptors (Lipinski definition) is 3. The summed E-state index contributed by atoms with van der Waals surface area (Å²) in [6, 6.07) is 7.94. The number of benzene rings is 1. The van der Waals surface area contributed by atoms with E-state index in [-0.39, 0.29) is 5.56 Å². The minimum Gasteiger partial charge on any atom is -0.284 e. The summed E-state index contributed by atoms with van der Waals surface area (Å²) >= 11 is 1.54. The molecule has 0 amide bonds. The van der Waals surface area contributed by atoms with E-state index in [9.17, 15) is 4.79 Å². The molecule has 1 saturated carbocycles. The Morgan fingerprint density at radius 2 is 2.12 bits per heavy atom. The SMILES string of the molecule is CSc1nc2ccccc2c(=O)n1C1CC1. The maximum Gasteiger partial charge on any atom is 0.262 e. The van der Waals surface area contributed by atoms with Gasteiger partial charge in [0.25, 0.3) is 5.56 Å². The highest BCUT2D eigenvalue weighted by atomic mass is 32.2.